The summed E-state index contributed by atoms with van der Waals surface area (Å²) in [6.07, 6.45) is 1.18. The Morgan fingerprint density at radius 2 is 1.86 bits per heavy atom. The van der Waals surface area contributed by atoms with Gasteiger partial charge in [-0.15, -0.1) is 0 Å². The lowest BCUT2D eigenvalue weighted by molar-refractivity contribution is -0.380. The number of hydrogen-bond acceptors (Lipinski definition) is 9. The summed E-state index contributed by atoms with van der Waals surface area (Å²) >= 11 is 2.30. The summed E-state index contributed by atoms with van der Waals surface area (Å²) in [7, 11) is -3.28. The highest BCUT2D eigenvalue weighted by Crippen LogP contribution is 2.31. The van der Waals surface area contributed by atoms with Gasteiger partial charge in [-0.3, -0.25) is 14.9 Å². The molecule has 9 nitrogen and oxygen atoms in total. The minimum Gasteiger partial charge on any atom is -0.345 e. The standard InChI is InChI=1S/C17H16N4O5S3/c1-29(25,26)11-2-3-12-14(10-11)28-17(18-12)20-8-6-19(7-9-20)16(22)13-4-5-15(27-13)21(23)24/h2-5,10H,6-9H2,1H3. The van der Waals surface area contributed by atoms with Gasteiger partial charge >= 0.3 is 5.00 Å². The zero-order chi connectivity index (χ0) is 20.8. The Hall–Kier alpha value is -2.57. The number of piperazine rings is 1. The lowest BCUT2D eigenvalue weighted by Crippen LogP contribution is -2.48. The van der Waals surface area contributed by atoms with E-state index in [2.05, 4.69) is 9.88 Å². The Bertz CT molecular complexity index is 1210. The van der Waals surface area contributed by atoms with Crippen LogP contribution in [-0.4, -0.2) is 61.6 Å². The first-order chi connectivity index (χ1) is 13.7. The molecule has 0 aliphatic carbocycles. The van der Waals surface area contributed by atoms with Crippen molar-refractivity contribution in [2.75, 3.05) is 37.3 Å². The van der Waals surface area contributed by atoms with Crippen molar-refractivity contribution in [3.63, 3.8) is 0 Å². The number of carbonyl (C=O) groups is 1. The number of thiazole rings is 1. The predicted octanol–water partition coefficient (Wildman–Crippen LogP) is 2.63. The fourth-order valence-electron chi connectivity index (χ4n) is 3.06. The number of benzene rings is 1. The minimum atomic E-state index is -3.28. The molecule has 4 rings (SSSR count). The van der Waals surface area contributed by atoms with E-state index >= 15 is 0 Å². The number of fused-ring (bicyclic) bond motifs is 1. The minimum absolute atomic E-state index is 0.0464. The van der Waals surface area contributed by atoms with Crippen LogP contribution in [-0.2, 0) is 9.84 Å². The van der Waals surface area contributed by atoms with Gasteiger partial charge in [-0.05, 0) is 24.3 Å². The Morgan fingerprint density at radius 3 is 2.48 bits per heavy atom. The van der Waals surface area contributed by atoms with E-state index in [4.69, 9.17) is 0 Å². The van der Waals surface area contributed by atoms with Crippen LogP contribution < -0.4 is 4.90 Å². The van der Waals surface area contributed by atoms with Crippen molar-refractivity contribution in [3.8, 4) is 0 Å². The SMILES string of the molecule is CS(=O)(=O)c1ccc2nc(N3CCN(C(=O)c4ccc([N+](=O)[O-])s4)CC3)sc2c1. The highest BCUT2D eigenvalue weighted by Gasteiger charge is 2.26. The molecule has 0 spiro atoms. The second kappa shape index (κ2) is 7.35. The lowest BCUT2D eigenvalue weighted by Gasteiger charge is -2.34. The molecule has 0 bridgehead atoms. The topological polar surface area (TPSA) is 114 Å². The molecule has 1 aromatic carbocycles. The summed E-state index contributed by atoms with van der Waals surface area (Å²) in [6, 6.07) is 7.73. The Kier molecular flexibility index (Phi) is 5.00. The van der Waals surface area contributed by atoms with Gasteiger partial charge in [0.05, 0.1) is 24.9 Å². The maximum absolute atomic E-state index is 12.6. The van der Waals surface area contributed by atoms with Gasteiger partial charge in [0.15, 0.2) is 15.0 Å². The fourth-order valence-corrected chi connectivity index (χ4v) is 5.62. The molecule has 0 unspecified atom stereocenters. The van der Waals surface area contributed by atoms with Gasteiger partial charge in [0.1, 0.15) is 0 Å². The molecule has 1 amide bonds. The van der Waals surface area contributed by atoms with Crippen molar-refractivity contribution in [2.24, 2.45) is 0 Å². The van der Waals surface area contributed by atoms with Crippen molar-refractivity contribution in [2.45, 2.75) is 4.90 Å². The molecule has 2 aromatic heterocycles. The zero-order valence-electron chi connectivity index (χ0n) is 15.3. The molecular weight excluding hydrogens is 436 g/mol. The first-order valence-corrected chi connectivity index (χ1v) is 12.1. The third-order valence-corrected chi connectivity index (χ3v) is 7.81. The van der Waals surface area contributed by atoms with Crippen molar-refractivity contribution in [1.82, 2.24) is 9.88 Å². The number of thiophene rings is 1. The molecule has 1 saturated heterocycles. The quantitative estimate of drug-likeness (QED) is 0.442. The number of anilines is 1. The number of carbonyl (C=O) groups excluding carboxylic acids is 1. The smallest absolute Gasteiger partial charge is 0.324 e. The number of rotatable bonds is 4. The summed E-state index contributed by atoms with van der Waals surface area (Å²) < 4.78 is 24.3. The van der Waals surface area contributed by atoms with Gasteiger partial charge < -0.3 is 9.80 Å². The summed E-state index contributed by atoms with van der Waals surface area (Å²) in [5.41, 5.74) is 0.738. The van der Waals surface area contributed by atoms with Crippen LogP contribution in [0.2, 0.25) is 0 Å². The van der Waals surface area contributed by atoms with E-state index in [0.29, 0.717) is 31.1 Å². The third-order valence-electron chi connectivity index (χ3n) is 4.60. The Morgan fingerprint density at radius 1 is 1.14 bits per heavy atom. The highest BCUT2D eigenvalue weighted by molar-refractivity contribution is 7.90. The van der Waals surface area contributed by atoms with Crippen LogP contribution >= 0.6 is 22.7 Å². The van der Waals surface area contributed by atoms with E-state index < -0.39 is 14.8 Å². The first kappa shape index (κ1) is 19.7. The Balaban J connectivity index is 1.46. The van der Waals surface area contributed by atoms with Crippen LogP contribution in [0.5, 0.6) is 0 Å². The summed E-state index contributed by atoms with van der Waals surface area (Å²) in [6.45, 7) is 2.13. The fraction of sp³-hybridized carbons (Fsp3) is 0.294. The van der Waals surface area contributed by atoms with Gasteiger partial charge in [-0.1, -0.05) is 22.7 Å². The molecule has 0 atom stereocenters. The van der Waals surface area contributed by atoms with Crippen LogP contribution in [0.25, 0.3) is 10.2 Å². The summed E-state index contributed by atoms with van der Waals surface area (Å²) in [4.78, 5) is 31.8. The van der Waals surface area contributed by atoms with Crippen LogP contribution in [0.3, 0.4) is 0 Å². The third kappa shape index (κ3) is 3.95. The van der Waals surface area contributed by atoms with Crippen LogP contribution in [0.4, 0.5) is 10.1 Å². The normalized spacial score (nSPS) is 15.1. The maximum Gasteiger partial charge on any atom is 0.324 e. The molecule has 152 valence electrons. The molecule has 0 radical (unpaired) electrons. The Labute approximate surface area is 174 Å². The first-order valence-electron chi connectivity index (χ1n) is 8.61. The van der Waals surface area contributed by atoms with Crippen LogP contribution in [0, 0.1) is 10.1 Å². The van der Waals surface area contributed by atoms with Crippen molar-refractivity contribution < 1.29 is 18.1 Å². The summed E-state index contributed by atoms with van der Waals surface area (Å²) in [5.74, 6) is -0.204. The largest absolute Gasteiger partial charge is 0.345 e. The van der Waals surface area contributed by atoms with Gasteiger partial charge in [-0.2, -0.15) is 0 Å². The molecule has 1 fully saturated rings. The van der Waals surface area contributed by atoms with Gasteiger partial charge in [0.2, 0.25) is 0 Å². The van der Waals surface area contributed by atoms with Gasteiger partial charge in [0.25, 0.3) is 5.91 Å². The molecule has 3 aromatic rings. The number of sulfone groups is 1. The van der Waals surface area contributed by atoms with E-state index in [1.165, 1.54) is 29.7 Å². The molecule has 0 N–H and O–H groups in total. The molecule has 1 aliphatic rings. The number of aromatic nitrogens is 1. The number of nitrogens with zero attached hydrogens (tertiary/aromatic N) is 4. The second-order valence-corrected chi connectivity index (χ2v) is 10.7. The second-order valence-electron chi connectivity index (χ2n) is 6.57. The van der Waals surface area contributed by atoms with Crippen molar-refractivity contribution in [1.29, 1.82) is 0 Å². The van der Waals surface area contributed by atoms with Crippen LogP contribution in [0.1, 0.15) is 9.67 Å². The predicted molar refractivity (Wildman–Crippen MR) is 112 cm³/mol. The maximum atomic E-state index is 12.6. The molecule has 29 heavy (non-hydrogen) atoms. The van der Waals surface area contributed by atoms with Crippen molar-refractivity contribution in [3.05, 3.63) is 45.3 Å². The van der Waals surface area contributed by atoms with E-state index in [0.717, 1.165) is 26.7 Å². The van der Waals surface area contributed by atoms with E-state index in [1.54, 1.807) is 23.1 Å². The monoisotopic (exact) mass is 452 g/mol. The van der Waals surface area contributed by atoms with E-state index in [1.807, 2.05) is 0 Å². The average molecular weight is 453 g/mol. The molecule has 3 heterocycles. The zero-order valence-corrected chi connectivity index (χ0v) is 17.7. The van der Waals surface area contributed by atoms with E-state index in [-0.39, 0.29) is 15.8 Å². The molecule has 12 heteroatoms. The molecule has 1 aliphatic heterocycles. The highest BCUT2D eigenvalue weighted by atomic mass is 32.2. The van der Waals surface area contributed by atoms with Crippen molar-refractivity contribution >= 4 is 58.8 Å². The number of amides is 1. The lowest BCUT2D eigenvalue weighted by atomic mass is 10.3. The molecule has 0 saturated carbocycles. The van der Waals surface area contributed by atoms with Crippen LogP contribution in [0.15, 0.2) is 35.2 Å². The number of hydrogen-bond donors (Lipinski definition) is 0. The van der Waals surface area contributed by atoms with Gasteiger partial charge in [-0.25, -0.2) is 13.4 Å². The summed E-state index contributed by atoms with van der Waals surface area (Å²) in [5, 5.41) is 11.5. The average Bonchev–Trinajstić information content (AvgIpc) is 3.33. The van der Waals surface area contributed by atoms with Gasteiger partial charge in [0, 0.05) is 38.5 Å². The van der Waals surface area contributed by atoms with E-state index in [9.17, 15) is 23.3 Å². The number of nitro groups is 1. The molecular formula is C17H16N4O5S3.